The highest BCUT2D eigenvalue weighted by atomic mass is 32.2. The molecule has 2 amide bonds. The van der Waals surface area contributed by atoms with Gasteiger partial charge in [-0.2, -0.15) is 5.10 Å². The zero-order valence-corrected chi connectivity index (χ0v) is 9.87. The van der Waals surface area contributed by atoms with Gasteiger partial charge < -0.3 is 5.73 Å². The lowest BCUT2D eigenvalue weighted by atomic mass is 10.2. The van der Waals surface area contributed by atoms with Gasteiger partial charge in [-0.3, -0.25) is 19.2 Å². The number of nitrogens with zero attached hydrogens (tertiary/aromatic N) is 3. The van der Waals surface area contributed by atoms with Gasteiger partial charge in [-0.15, -0.1) is 0 Å². The van der Waals surface area contributed by atoms with Crippen molar-refractivity contribution in [2.24, 2.45) is 7.05 Å². The minimum atomic E-state index is -0.215. The molecule has 0 saturated carbocycles. The molecular weight excluding hydrogens is 228 g/mol. The van der Waals surface area contributed by atoms with Gasteiger partial charge in [-0.05, 0) is 6.92 Å². The molecule has 0 unspecified atom stereocenters. The molecule has 0 bridgehead atoms. The van der Waals surface area contributed by atoms with Crippen LogP contribution in [-0.4, -0.2) is 31.6 Å². The van der Waals surface area contributed by atoms with E-state index in [0.29, 0.717) is 5.82 Å². The summed E-state index contributed by atoms with van der Waals surface area (Å²) in [7, 11) is 1.73. The summed E-state index contributed by atoms with van der Waals surface area (Å²) in [6.45, 7) is 2.03. The average Bonchev–Trinajstić information content (AvgIpc) is 2.65. The van der Waals surface area contributed by atoms with Crippen molar-refractivity contribution in [3.05, 3.63) is 11.3 Å². The Balaban J connectivity index is 2.27. The van der Waals surface area contributed by atoms with Crippen LogP contribution >= 0.6 is 11.8 Å². The molecular formula is C9H12N4O2S. The van der Waals surface area contributed by atoms with Crippen molar-refractivity contribution in [3.8, 4) is 0 Å². The van der Waals surface area contributed by atoms with Gasteiger partial charge in [-0.25, -0.2) is 0 Å². The number of aryl methyl sites for hydroxylation is 2. The van der Waals surface area contributed by atoms with Crippen LogP contribution in [0.15, 0.2) is 0 Å². The summed E-state index contributed by atoms with van der Waals surface area (Å²) in [5.74, 6) is 0.547. The molecule has 1 aromatic heterocycles. The summed E-state index contributed by atoms with van der Waals surface area (Å²) in [5, 5.41) is 3.92. The molecule has 2 N–H and O–H groups in total. The Kier molecular flexibility index (Phi) is 2.63. The maximum Gasteiger partial charge on any atom is 0.289 e. The highest BCUT2D eigenvalue weighted by Crippen LogP contribution is 2.24. The van der Waals surface area contributed by atoms with Crippen molar-refractivity contribution in [1.29, 1.82) is 0 Å². The number of imide groups is 1. The molecule has 1 aromatic rings. The Morgan fingerprint density at radius 1 is 1.50 bits per heavy atom. The van der Waals surface area contributed by atoms with Crippen LogP contribution < -0.4 is 5.73 Å². The predicted octanol–water partition coefficient (Wildman–Crippen LogP) is 0.506. The van der Waals surface area contributed by atoms with Gasteiger partial charge in [0.05, 0.1) is 18.0 Å². The third-order valence-electron chi connectivity index (χ3n) is 2.55. The van der Waals surface area contributed by atoms with Crippen molar-refractivity contribution in [2.75, 3.05) is 11.5 Å². The number of rotatable bonds is 2. The fourth-order valence-electron chi connectivity index (χ4n) is 1.61. The van der Waals surface area contributed by atoms with Crippen molar-refractivity contribution < 1.29 is 9.59 Å². The zero-order chi connectivity index (χ0) is 11.9. The van der Waals surface area contributed by atoms with E-state index in [0.717, 1.165) is 23.0 Å². The quantitative estimate of drug-likeness (QED) is 0.814. The minimum absolute atomic E-state index is 0.169. The minimum Gasteiger partial charge on any atom is -0.384 e. The van der Waals surface area contributed by atoms with Gasteiger partial charge in [0.1, 0.15) is 5.82 Å². The van der Waals surface area contributed by atoms with E-state index in [-0.39, 0.29) is 23.4 Å². The summed E-state index contributed by atoms with van der Waals surface area (Å²) >= 11 is 1.02. The molecule has 1 aliphatic rings. The molecule has 1 fully saturated rings. The lowest BCUT2D eigenvalue weighted by Crippen LogP contribution is -2.28. The number of carbonyl (C=O) groups is 2. The second-order valence-electron chi connectivity index (χ2n) is 3.61. The standard InChI is InChI=1S/C9H12N4O2S/c1-5-6(8(10)12(2)11-5)3-13-7(14)4-16-9(13)15/h3-4,10H2,1-2H3. The van der Waals surface area contributed by atoms with Crippen LogP contribution in [0.1, 0.15) is 11.3 Å². The number of carbonyl (C=O) groups excluding carboxylic acids is 2. The monoisotopic (exact) mass is 240 g/mol. The van der Waals surface area contributed by atoms with E-state index in [4.69, 9.17) is 5.73 Å². The molecule has 16 heavy (non-hydrogen) atoms. The first-order valence-corrected chi connectivity index (χ1v) is 5.74. The third-order valence-corrected chi connectivity index (χ3v) is 3.41. The van der Waals surface area contributed by atoms with Crippen LogP contribution in [0.25, 0.3) is 0 Å². The normalized spacial score (nSPS) is 16.2. The molecule has 2 rings (SSSR count). The topological polar surface area (TPSA) is 81.2 Å². The SMILES string of the molecule is Cc1nn(C)c(N)c1CN1C(=O)CSC1=O. The Morgan fingerprint density at radius 3 is 2.62 bits per heavy atom. The maximum atomic E-state index is 11.4. The predicted molar refractivity (Wildman–Crippen MR) is 60.8 cm³/mol. The molecule has 7 heteroatoms. The van der Waals surface area contributed by atoms with Gasteiger partial charge in [-0.1, -0.05) is 11.8 Å². The van der Waals surface area contributed by atoms with Crippen molar-refractivity contribution in [3.63, 3.8) is 0 Å². The first-order chi connectivity index (χ1) is 7.50. The molecule has 0 aliphatic carbocycles. The van der Waals surface area contributed by atoms with E-state index in [1.54, 1.807) is 11.7 Å². The molecule has 6 nitrogen and oxygen atoms in total. The number of hydrogen-bond acceptors (Lipinski definition) is 5. The van der Waals surface area contributed by atoms with E-state index in [1.165, 1.54) is 4.90 Å². The summed E-state index contributed by atoms with van der Waals surface area (Å²) in [6.07, 6.45) is 0. The number of hydrogen-bond donors (Lipinski definition) is 1. The molecule has 0 atom stereocenters. The smallest absolute Gasteiger partial charge is 0.289 e. The highest BCUT2D eigenvalue weighted by molar-refractivity contribution is 8.14. The average molecular weight is 240 g/mol. The van der Waals surface area contributed by atoms with Gasteiger partial charge in [0.15, 0.2) is 0 Å². The fraction of sp³-hybridized carbons (Fsp3) is 0.444. The van der Waals surface area contributed by atoms with E-state index in [2.05, 4.69) is 5.10 Å². The Morgan fingerprint density at radius 2 is 2.19 bits per heavy atom. The van der Waals surface area contributed by atoms with E-state index < -0.39 is 0 Å². The first-order valence-electron chi connectivity index (χ1n) is 4.75. The fourth-order valence-corrected chi connectivity index (χ4v) is 2.33. The van der Waals surface area contributed by atoms with Crippen LogP contribution in [0.4, 0.5) is 10.6 Å². The number of nitrogens with two attached hydrogens (primary N) is 1. The summed E-state index contributed by atoms with van der Waals surface area (Å²) in [5.41, 5.74) is 7.31. The number of nitrogen functional groups attached to an aromatic ring is 1. The lowest BCUT2D eigenvalue weighted by molar-refractivity contribution is -0.125. The van der Waals surface area contributed by atoms with Crippen LogP contribution in [0.3, 0.4) is 0 Å². The third kappa shape index (κ3) is 1.67. The Hall–Kier alpha value is -1.50. The van der Waals surface area contributed by atoms with Crippen LogP contribution in [0, 0.1) is 6.92 Å². The van der Waals surface area contributed by atoms with Crippen LogP contribution in [0.2, 0.25) is 0 Å². The molecule has 0 spiro atoms. The second kappa shape index (κ2) is 3.82. The van der Waals surface area contributed by atoms with E-state index in [9.17, 15) is 9.59 Å². The maximum absolute atomic E-state index is 11.4. The number of thioether (sulfide) groups is 1. The lowest BCUT2D eigenvalue weighted by Gasteiger charge is -2.12. The molecule has 86 valence electrons. The Bertz CT molecular complexity index is 452. The van der Waals surface area contributed by atoms with Crippen molar-refractivity contribution in [1.82, 2.24) is 14.7 Å². The zero-order valence-electron chi connectivity index (χ0n) is 9.06. The van der Waals surface area contributed by atoms with E-state index in [1.807, 2.05) is 6.92 Å². The van der Waals surface area contributed by atoms with Crippen LogP contribution in [-0.2, 0) is 18.4 Å². The molecule has 1 aliphatic heterocycles. The number of amides is 2. The largest absolute Gasteiger partial charge is 0.384 e. The van der Waals surface area contributed by atoms with Gasteiger partial charge in [0.25, 0.3) is 5.24 Å². The van der Waals surface area contributed by atoms with E-state index >= 15 is 0 Å². The van der Waals surface area contributed by atoms with Crippen molar-refractivity contribution >= 4 is 28.7 Å². The summed E-state index contributed by atoms with van der Waals surface area (Å²) < 4.78 is 1.54. The van der Waals surface area contributed by atoms with Gasteiger partial charge >= 0.3 is 0 Å². The first kappa shape index (κ1) is 11.0. The number of anilines is 1. The molecule has 1 saturated heterocycles. The highest BCUT2D eigenvalue weighted by Gasteiger charge is 2.31. The second-order valence-corrected chi connectivity index (χ2v) is 4.53. The van der Waals surface area contributed by atoms with Gasteiger partial charge in [0, 0.05) is 12.6 Å². The van der Waals surface area contributed by atoms with Gasteiger partial charge in [0.2, 0.25) is 5.91 Å². The summed E-state index contributed by atoms with van der Waals surface area (Å²) in [4.78, 5) is 24.1. The van der Waals surface area contributed by atoms with Crippen molar-refractivity contribution in [2.45, 2.75) is 13.5 Å². The number of aromatic nitrogens is 2. The molecule has 0 radical (unpaired) electrons. The van der Waals surface area contributed by atoms with Crippen LogP contribution in [0.5, 0.6) is 0 Å². The Labute approximate surface area is 96.8 Å². The molecule has 0 aromatic carbocycles. The molecule has 2 heterocycles. The summed E-state index contributed by atoms with van der Waals surface area (Å²) in [6, 6.07) is 0.